The molecule has 3 amide bonds. The fourth-order valence-electron chi connectivity index (χ4n) is 5.93. The number of ether oxygens (including phenoxy) is 1. The highest BCUT2D eigenvalue weighted by molar-refractivity contribution is 8.02. The van der Waals surface area contributed by atoms with Gasteiger partial charge in [-0.3, -0.25) is 14.4 Å². The molecule has 2 unspecified atom stereocenters. The van der Waals surface area contributed by atoms with Crippen molar-refractivity contribution in [2.24, 2.45) is 11.8 Å². The lowest BCUT2D eigenvalue weighted by molar-refractivity contribution is -0.140. The molecule has 1 aromatic rings. The Morgan fingerprint density at radius 2 is 1.88 bits per heavy atom. The Kier molecular flexibility index (Phi) is 6.40. The molecule has 1 spiro atoms. The number of carbonyl (C=O) groups is 3. The van der Waals surface area contributed by atoms with E-state index in [1.54, 1.807) is 36.0 Å². The van der Waals surface area contributed by atoms with E-state index < -0.39 is 32.9 Å². The van der Waals surface area contributed by atoms with Crippen LogP contribution in [-0.4, -0.2) is 68.6 Å². The monoisotopic (exact) mass is 489 g/mol. The number of anilines is 1. The quantitative estimate of drug-likeness (QED) is 0.543. The molecule has 9 heteroatoms. The molecule has 3 saturated heterocycles. The van der Waals surface area contributed by atoms with Gasteiger partial charge in [0, 0.05) is 22.5 Å². The maximum Gasteiger partial charge on any atom is 0.244 e. The second-order valence-corrected chi connectivity index (χ2v) is 12.6. The molecule has 8 nitrogen and oxygen atoms in total. The molecule has 1 aromatic carbocycles. The highest BCUT2D eigenvalue weighted by Gasteiger charge is 2.77. The van der Waals surface area contributed by atoms with Gasteiger partial charge < -0.3 is 25.4 Å². The van der Waals surface area contributed by atoms with Crippen LogP contribution in [0.4, 0.5) is 5.69 Å². The normalized spacial score (nSPS) is 32.0. The first-order chi connectivity index (χ1) is 16.0. The number of hydrogen-bond acceptors (Lipinski definition) is 6. The standard InChI is InChI=1S/C25H35N3O5S/c1-6-33-16-9-7-15(8-10-16)26-20(30)17-18-22(32)28(13-14-29)19(21(31)27-23(2,3)4)25(18)12-11-24(17,5)34-25/h7-10,17-19,29H,6,11-14H2,1-5H3,(H,26,30)(H,27,31)/t17-,18+,19?,24+,25?/m1/s1. The Bertz CT molecular complexity index is 978. The maximum absolute atomic E-state index is 13.7. The number of aliphatic hydroxyl groups is 1. The summed E-state index contributed by atoms with van der Waals surface area (Å²) in [6.45, 7) is 10.1. The van der Waals surface area contributed by atoms with Crippen LogP contribution in [-0.2, 0) is 14.4 Å². The van der Waals surface area contributed by atoms with E-state index in [1.165, 1.54) is 4.90 Å². The summed E-state index contributed by atoms with van der Waals surface area (Å²) in [6, 6.07) is 6.46. The second kappa shape index (κ2) is 8.75. The van der Waals surface area contributed by atoms with Crippen LogP contribution in [0.5, 0.6) is 5.75 Å². The third kappa shape index (κ3) is 4.06. The predicted molar refractivity (Wildman–Crippen MR) is 132 cm³/mol. The molecular weight excluding hydrogens is 454 g/mol. The zero-order valence-electron chi connectivity index (χ0n) is 20.5. The summed E-state index contributed by atoms with van der Waals surface area (Å²) >= 11 is 1.62. The highest BCUT2D eigenvalue weighted by atomic mass is 32.2. The summed E-state index contributed by atoms with van der Waals surface area (Å²) in [5.41, 5.74) is 0.175. The van der Waals surface area contributed by atoms with E-state index in [2.05, 4.69) is 10.6 Å². The molecule has 0 aromatic heterocycles. The van der Waals surface area contributed by atoms with Gasteiger partial charge >= 0.3 is 0 Å². The van der Waals surface area contributed by atoms with Crippen molar-refractivity contribution in [3.05, 3.63) is 24.3 Å². The lowest BCUT2D eigenvalue weighted by Gasteiger charge is -2.36. The van der Waals surface area contributed by atoms with Crippen LogP contribution in [0.2, 0.25) is 0 Å². The van der Waals surface area contributed by atoms with E-state index in [-0.39, 0.29) is 30.9 Å². The zero-order chi connectivity index (χ0) is 24.9. The van der Waals surface area contributed by atoms with Crippen molar-refractivity contribution in [2.45, 2.75) is 68.5 Å². The smallest absolute Gasteiger partial charge is 0.244 e. The number of aliphatic hydroxyl groups excluding tert-OH is 1. The summed E-state index contributed by atoms with van der Waals surface area (Å²) < 4.78 is 4.34. The number of nitrogens with one attached hydrogen (secondary N) is 2. The fraction of sp³-hybridized carbons (Fsp3) is 0.640. The number of fused-ring (bicyclic) bond motifs is 1. The van der Waals surface area contributed by atoms with Gasteiger partial charge in [-0.15, -0.1) is 11.8 Å². The molecule has 0 saturated carbocycles. The average molecular weight is 490 g/mol. The topological polar surface area (TPSA) is 108 Å². The minimum absolute atomic E-state index is 0.0732. The molecule has 3 heterocycles. The summed E-state index contributed by atoms with van der Waals surface area (Å²) in [6.07, 6.45) is 1.43. The van der Waals surface area contributed by atoms with Gasteiger partial charge in [0.2, 0.25) is 17.7 Å². The number of amides is 3. The van der Waals surface area contributed by atoms with Gasteiger partial charge in [0.1, 0.15) is 11.8 Å². The summed E-state index contributed by atoms with van der Waals surface area (Å²) in [4.78, 5) is 42.3. The number of carbonyl (C=O) groups excluding carboxylic acids is 3. The van der Waals surface area contributed by atoms with Crippen LogP contribution < -0.4 is 15.4 Å². The van der Waals surface area contributed by atoms with Gasteiger partial charge in [0.15, 0.2) is 0 Å². The van der Waals surface area contributed by atoms with Gasteiger partial charge in [0.05, 0.1) is 29.8 Å². The van der Waals surface area contributed by atoms with E-state index >= 15 is 0 Å². The minimum Gasteiger partial charge on any atom is -0.494 e. The molecule has 4 rings (SSSR count). The Labute approximate surface area is 205 Å². The van der Waals surface area contributed by atoms with Gasteiger partial charge in [-0.05, 0) is 71.7 Å². The number of benzene rings is 1. The molecule has 3 aliphatic heterocycles. The summed E-state index contributed by atoms with van der Waals surface area (Å²) in [5.74, 6) is -1.10. The van der Waals surface area contributed by atoms with E-state index in [4.69, 9.17) is 4.74 Å². The Morgan fingerprint density at radius 3 is 2.47 bits per heavy atom. The summed E-state index contributed by atoms with van der Waals surface area (Å²) in [5, 5.41) is 15.7. The predicted octanol–water partition coefficient (Wildman–Crippen LogP) is 2.41. The molecule has 3 N–H and O–H groups in total. The van der Waals surface area contributed by atoms with Crippen molar-refractivity contribution in [3.63, 3.8) is 0 Å². The van der Waals surface area contributed by atoms with E-state index in [0.29, 0.717) is 18.7 Å². The van der Waals surface area contributed by atoms with Crippen molar-refractivity contribution in [2.75, 3.05) is 25.1 Å². The molecular formula is C25H35N3O5S. The van der Waals surface area contributed by atoms with Crippen molar-refractivity contribution >= 4 is 35.2 Å². The number of likely N-dealkylation sites (tertiary alicyclic amines) is 1. The third-order valence-corrected chi connectivity index (χ3v) is 9.07. The Morgan fingerprint density at radius 1 is 1.21 bits per heavy atom. The van der Waals surface area contributed by atoms with Crippen molar-refractivity contribution in [1.82, 2.24) is 10.2 Å². The van der Waals surface area contributed by atoms with Gasteiger partial charge in [0.25, 0.3) is 0 Å². The Hall–Kier alpha value is -2.26. The number of hydrogen-bond donors (Lipinski definition) is 3. The Balaban J connectivity index is 1.65. The number of nitrogens with zero attached hydrogens (tertiary/aromatic N) is 1. The third-order valence-electron chi connectivity index (χ3n) is 7.08. The molecule has 3 aliphatic rings. The highest BCUT2D eigenvalue weighted by Crippen LogP contribution is 2.71. The molecule has 34 heavy (non-hydrogen) atoms. The SMILES string of the molecule is CCOc1ccc(NC(=O)[C@H]2[C@H]3C(=O)N(CCO)C(C(=O)NC(C)(C)C)C34CC[C@]2(C)S4)cc1. The van der Waals surface area contributed by atoms with Crippen LogP contribution in [0.1, 0.15) is 47.5 Å². The molecule has 186 valence electrons. The van der Waals surface area contributed by atoms with Crippen LogP contribution in [0.3, 0.4) is 0 Å². The summed E-state index contributed by atoms with van der Waals surface area (Å²) in [7, 11) is 0. The minimum atomic E-state index is -0.716. The van der Waals surface area contributed by atoms with Crippen LogP contribution in [0.15, 0.2) is 24.3 Å². The molecule has 0 radical (unpaired) electrons. The largest absolute Gasteiger partial charge is 0.494 e. The molecule has 5 atom stereocenters. The van der Waals surface area contributed by atoms with Crippen molar-refractivity contribution < 1.29 is 24.2 Å². The van der Waals surface area contributed by atoms with E-state index in [1.807, 2.05) is 34.6 Å². The van der Waals surface area contributed by atoms with Crippen LogP contribution in [0, 0.1) is 11.8 Å². The van der Waals surface area contributed by atoms with E-state index in [9.17, 15) is 19.5 Å². The zero-order valence-corrected chi connectivity index (χ0v) is 21.3. The van der Waals surface area contributed by atoms with Gasteiger partial charge in [-0.2, -0.15) is 0 Å². The van der Waals surface area contributed by atoms with Gasteiger partial charge in [-0.1, -0.05) is 0 Å². The number of rotatable bonds is 7. The van der Waals surface area contributed by atoms with Crippen molar-refractivity contribution in [1.29, 1.82) is 0 Å². The average Bonchev–Trinajstić information content (AvgIpc) is 3.30. The molecule has 0 aliphatic carbocycles. The van der Waals surface area contributed by atoms with Gasteiger partial charge in [-0.25, -0.2) is 0 Å². The van der Waals surface area contributed by atoms with Crippen molar-refractivity contribution in [3.8, 4) is 5.75 Å². The second-order valence-electron chi connectivity index (χ2n) is 10.7. The lowest BCUT2D eigenvalue weighted by atomic mass is 9.66. The first kappa shape index (κ1) is 24.9. The van der Waals surface area contributed by atoms with Crippen LogP contribution in [0.25, 0.3) is 0 Å². The maximum atomic E-state index is 13.7. The van der Waals surface area contributed by atoms with Crippen LogP contribution >= 0.6 is 11.8 Å². The first-order valence-electron chi connectivity index (χ1n) is 11.9. The van der Waals surface area contributed by atoms with E-state index in [0.717, 1.165) is 12.2 Å². The first-order valence-corrected chi connectivity index (χ1v) is 12.7. The lowest BCUT2D eigenvalue weighted by Crippen LogP contribution is -2.57. The molecule has 3 fully saturated rings. The molecule has 2 bridgehead atoms. The number of β-amino-alcohol motifs (C(OH)–C–C–N with tert-alkyl or cyclic N) is 1. The number of thioether (sulfide) groups is 1. The fourth-order valence-corrected chi connectivity index (χ4v) is 8.29.